The first kappa shape index (κ1) is 17.7. The van der Waals surface area contributed by atoms with Gasteiger partial charge in [0, 0.05) is 47.7 Å². The molecule has 0 aliphatic rings. The second-order valence-corrected chi connectivity index (χ2v) is 6.58. The molecular formula is C23H17N7. The zero-order chi connectivity index (χ0) is 20.2. The molecule has 7 heteroatoms. The van der Waals surface area contributed by atoms with Crippen molar-refractivity contribution in [3.63, 3.8) is 0 Å². The summed E-state index contributed by atoms with van der Waals surface area (Å²) >= 11 is 0. The molecule has 5 aromatic rings. The molecule has 1 aromatic carbocycles. The lowest BCUT2D eigenvalue weighted by Gasteiger charge is -2.11. The summed E-state index contributed by atoms with van der Waals surface area (Å²) in [6.07, 6.45) is 7.06. The quantitative estimate of drug-likeness (QED) is 0.450. The maximum atomic E-state index is 4.71. The first-order valence-corrected chi connectivity index (χ1v) is 9.43. The molecule has 0 aliphatic heterocycles. The van der Waals surface area contributed by atoms with Gasteiger partial charge in [-0.05, 0) is 42.5 Å². The number of pyridine rings is 2. The number of nitrogens with zero attached hydrogens (tertiary/aromatic N) is 5. The molecule has 5 rings (SSSR count). The molecule has 0 bridgehead atoms. The lowest BCUT2D eigenvalue weighted by molar-refractivity contribution is 1.10. The molecule has 0 saturated carbocycles. The van der Waals surface area contributed by atoms with Crippen LogP contribution in [0.4, 0.5) is 11.5 Å². The van der Waals surface area contributed by atoms with Crippen LogP contribution >= 0.6 is 0 Å². The Morgan fingerprint density at radius 1 is 0.733 bits per heavy atom. The molecule has 0 spiro atoms. The third-order valence-electron chi connectivity index (χ3n) is 4.51. The fraction of sp³-hybridized carbons (Fsp3) is 0. The lowest BCUT2D eigenvalue weighted by Crippen LogP contribution is -2.00. The van der Waals surface area contributed by atoms with Crippen molar-refractivity contribution in [1.82, 2.24) is 30.1 Å². The van der Waals surface area contributed by atoms with E-state index in [2.05, 4.69) is 30.5 Å². The molecule has 0 amide bonds. The molecule has 0 radical (unpaired) electrons. The molecule has 0 aliphatic carbocycles. The van der Waals surface area contributed by atoms with Gasteiger partial charge in [-0.1, -0.05) is 18.2 Å². The zero-order valence-corrected chi connectivity index (χ0v) is 15.9. The van der Waals surface area contributed by atoms with Crippen LogP contribution in [0.5, 0.6) is 0 Å². The highest BCUT2D eigenvalue weighted by Crippen LogP contribution is 2.26. The zero-order valence-electron chi connectivity index (χ0n) is 15.9. The number of hydrogen-bond acceptors (Lipinski definition) is 6. The Labute approximate surface area is 172 Å². The van der Waals surface area contributed by atoms with Crippen LogP contribution in [0.15, 0.2) is 91.5 Å². The van der Waals surface area contributed by atoms with Gasteiger partial charge >= 0.3 is 0 Å². The summed E-state index contributed by atoms with van der Waals surface area (Å²) in [6.45, 7) is 0. The number of aromatic nitrogens is 6. The summed E-state index contributed by atoms with van der Waals surface area (Å²) in [5, 5.41) is 10.5. The molecule has 0 unspecified atom stereocenters. The predicted molar refractivity (Wildman–Crippen MR) is 116 cm³/mol. The summed E-state index contributed by atoms with van der Waals surface area (Å²) < 4.78 is 0. The second-order valence-electron chi connectivity index (χ2n) is 6.58. The van der Waals surface area contributed by atoms with E-state index in [1.165, 1.54) is 0 Å². The number of nitrogens with one attached hydrogen (secondary N) is 2. The molecule has 0 atom stereocenters. The molecule has 0 saturated heterocycles. The highest BCUT2D eigenvalue weighted by atomic mass is 15.1. The average molecular weight is 391 g/mol. The predicted octanol–water partition coefficient (Wildman–Crippen LogP) is 4.73. The van der Waals surface area contributed by atoms with Gasteiger partial charge in [-0.15, -0.1) is 0 Å². The number of rotatable bonds is 5. The Morgan fingerprint density at radius 2 is 1.70 bits per heavy atom. The molecule has 7 nitrogen and oxygen atoms in total. The molecule has 4 heterocycles. The number of H-pyrrole nitrogens is 1. The van der Waals surface area contributed by atoms with E-state index in [0.717, 1.165) is 28.2 Å². The van der Waals surface area contributed by atoms with Gasteiger partial charge in [0.25, 0.3) is 0 Å². The molecule has 0 fully saturated rings. The monoisotopic (exact) mass is 391 g/mol. The number of anilines is 2. The fourth-order valence-corrected chi connectivity index (χ4v) is 3.11. The van der Waals surface area contributed by atoms with Crippen molar-refractivity contribution in [2.24, 2.45) is 0 Å². The van der Waals surface area contributed by atoms with E-state index in [9.17, 15) is 0 Å². The largest absolute Gasteiger partial charge is 0.340 e. The van der Waals surface area contributed by atoms with Gasteiger partial charge in [0.15, 0.2) is 5.82 Å². The van der Waals surface area contributed by atoms with Crippen LogP contribution in [0.25, 0.3) is 34.0 Å². The van der Waals surface area contributed by atoms with E-state index < -0.39 is 0 Å². The Morgan fingerprint density at radius 3 is 2.50 bits per heavy atom. The van der Waals surface area contributed by atoms with Gasteiger partial charge < -0.3 is 5.32 Å². The minimum absolute atomic E-state index is 0.544. The third kappa shape index (κ3) is 3.77. The van der Waals surface area contributed by atoms with Gasteiger partial charge in [-0.25, -0.2) is 9.97 Å². The maximum absolute atomic E-state index is 4.71. The number of hydrogen-bond donors (Lipinski definition) is 2. The molecular weight excluding hydrogens is 374 g/mol. The van der Waals surface area contributed by atoms with Crippen LogP contribution < -0.4 is 5.32 Å². The van der Waals surface area contributed by atoms with Crippen LogP contribution in [0.1, 0.15) is 0 Å². The standard InChI is InChI=1S/C23H17N7/c1-2-11-25-20(8-1)23-28-21(17-6-4-10-24-15-17)14-22(29-23)27-18-7-3-5-16(13-18)19-9-12-26-30-19/h1-15H,(H,26,30)(H,27,28,29). The summed E-state index contributed by atoms with van der Waals surface area (Å²) in [6, 6.07) is 21.4. The average Bonchev–Trinajstić information content (AvgIpc) is 3.35. The summed E-state index contributed by atoms with van der Waals surface area (Å²) in [5.74, 6) is 1.21. The topological polar surface area (TPSA) is 92.3 Å². The highest BCUT2D eigenvalue weighted by molar-refractivity contribution is 5.71. The van der Waals surface area contributed by atoms with Crippen molar-refractivity contribution in [2.45, 2.75) is 0 Å². The Bertz CT molecular complexity index is 1200. The molecule has 4 aromatic heterocycles. The fourth-order valence-electron chi connectivity index (χ4n) is 3.11. The summed E-state index contributed by atoms with van der Waals surface area (Å²) in [4.78, 5) is 18.0. The maximum Gasteiger partial charge on any atom is 0.180 e. The van der Waals surface area contributed by atoms with E-state index in [1.54, 1.807) is 24.8 Å². The summed E-state index contributed by atoms with van der Waals surface area (Å²) in [5.41, 5.74) is 5.17. The van der Waals surface area contributed by atoms with Gasteiger partial charge in [0.2, 0.25) is 0 Å². The van der Waals surface area contributed by atoms with Crippen molar-refractivity contribution >= 4 is 11.5 Å². The SMILES string of the molecule is c1ccc(-c2nc(Nc3cccc(-c4cc[nH]n4)c3)cc(-c3cccnc3)n2)nc1. The van der Waals surface area contributed by atoms with Gasteiger partial charge in [0.05, 0.1) is 11.4 Å². The van der Waals surface area contributed by atoms with E-state index in [1.807, 2.05) is 66.7 Å². The van der Waals surface area contributed by atoms with E-state index >= 15 is 0 Å². The summed E-state index contributed by atoms with van der Waals surface area (Å²) in [7, 11) is 0. The van der Waals surface area contributed by atoms with Crippen molar-refractivity contribution in [3.8, 4) is 34.0 Å². The second kappa shape index (κ2) is 7.92. The van der Waals surface area contributed by atoms with Crippen molar-refractivity contribution in [2.75, 3.05) is 5.32 Å². The van der Waals surface area contributed by atoms with Crippen LogP contribution in [0, 0.1) is 0 Å². The third-order valence-corrected chi connectivity index (χ3v) is 4.51. The minimum Gasteiger partial charge on any atom is -0.340 e. The van der Waals surface area contributed by atoms with E-state index in [0.29, 0.717) is 17.3 Å². The number of benzene rings is 1. The Kier molecular flexibility index (Phi) is 4.67. The molecule has 30 heavy (non-hydrogen) atoms. The van der Waals surface area contributed by atoms with Gasteiger partial charge in [-0.3, -0.25) is 15.1 Å². The normalized spacial score (nSPS) is 10.7. The van der Waals surface area contributed by atoms with Gasteiger partial charge in [-0.2, -0.15) is 5.10 Å². The molecule has 144 valence electrons. The van der Waals surface area contributed by atoms with Crippen LogP contribution in [-0.4, -0.2) is 30.1 Å². The Balaban J connectivity index is 1.55. The first-order valence-electron chi connectivity index (χ1n) is 9.43. The van der Waals surface area contributed by atoms with Crippen molar-refractivity contribution in [1.29, 1.82) is 0 Å². The lowest BCUT2D eigenvalue weighted by atomic mass is 10.1. The Hall–Kier alpha value is -4.39. The van der Waals surface area contributed by atoms with E-state index in [4.69, 9.17) is 4.98 Å². The van der Waals surface area contributed by atoms with Crippen molar-refractivity contribution < 1.29 is 0 Å². The van der Waals surface area contributed by atoms with E-state index in [-0.39, 0.29) is 0 Å². The highest BCUT2D eigenvalue weighted by Gasteiger charge is 2.10. The van der Waals surface area contributed by atoms with Gasteiger partial charge in [0.1, 0.15) is 11.5 Å². The first-order chi connectivity index (χ1) is 14.8. The smallest absolute Gasteiger partial charge is 0.180 e. The van der Waals surface area contributed by atoms with Crippen molar-refractivity contribution in [3.05, 3.63) is 91.5 Å². The van der Waals surface area contributed by atoms with Crippen LogP contribution in [0.3, 0.4) is 0 Å². The minimum atomic E-state index is 0.544. The van der Waals surface area contributed by atoms with Crippen LogP contribution in [0.2, 0.25) is 0 Å². The molecule has 2 N–H and O–H groups in total. The van der Waals surface area contributed by atoms with Crippen LogP contribution in [-0.2, 0) is 0 Å². The number of aromatic amines is 1.